The molecule has 4 nitrogen and oxygen atoms in total. The standard InChI is InChI=1S/C26H27NO3/c1-30-23-14-12-22(13-15-23)25(28)16-17-26(29)27-19-18-24(20-8-4-2-5-9-20)21-10-6-3-7-11-21/h2-15,24H,16-19H2,1H3,(H,27,29). The Morgan fingerprint density at radius 1 is 0.800 bits per heavy atom. The fraction of sp³-hybridized carbons (Fsp3) is 0.231. The Morgan fingerprint density at radius 3 is 1.90 bits per heavy atom. The van der Waals surface area contributed by atoms with Gasteiger partial charge in [-0.2, -0.15) is 0 Å². The molecule has 0 aromatic heterocycles. The summed E-state index contributed by atoms with van der Waals surface area (Å²) < 4.78 is 5.10. The highest BCUT2D eigenvalue weighted by Crippen LogP contribution is 2.27. The Morgan fingerprint density at radius 2 is 1.37 bits per heavy atom. The number of hydrogen-bond donors (Lipinski definition) is 1. The third-order valence-electron chi connectivity index (χ3n) is 5.15. The summed E-state index contributed by atoms with van der Waals surface area (Å²) in [4.78, 5) is 24.5. The van der Waals surface area contributed by atoms with Crippen LogP contribution in [0.2, 0.25) is 0 Å². The Hall–Kier alpha value is -3.40. The molecule has 0 saturated carbocycles. The number of amides is 1. The van der Waals surface area contributed by atoms with Crippen molar-refractivity contribution in [1.82, 2.24) is 5.32 Å². The molecule has 0 heterocycles. The summed E-state index contributed by atoms with van der Waals surface area (Å²) in [5, 5.41) is 2.97. The second-order valence-electron chi connectivity index (χ2n) is 7.16. The predicted octanol–water partition coefficient (Wildman–Crippen LogP) is 5.00. The average Bonchev–Trinajstić information content (AvgIpc) is 2.81. The van der Waals surface area contributed by atoms with Crippen molar-refractivity contribution in [2.75, 3.05) is 13.7 Å². The molecule has 1 N–H and O–H groups in total. The first-order valence-electron chi connectivity index (χ1n) is 10.2. The van der Waals surface area contributed by atoms with Crippen LogP contribution in [0.25, 0.3) is 0 Å². The molecule has 3 rings (SSSR count). The molecule has 1 amide bonds. The van der Waals surface area contributed by atoms with E-state index in [1.54, 1.807) is 31.4 Å². The van der Waals surface area contributed by atoms with E-state index < -0.39 is 0 Å². The van der Waals surface area contributed by atoms with E-state index in [0.717, 1.165) is 6.42 Å². The van der Waals surface area contributed by atoms with E-state index in [-0.39, 0.29) is 30.4 Å². The molecule has 4 heteroatoms. The molecule has 154 valence electrons. The van der Waals surface area contributed by atoms with E-state index in [1.807, 2.05) is 36.4 Å². The van der Waals surface area contributed by atoms with Gasteiger partial charge in [-0.3, -0.25) is 9.59 Å². The van der Waals surface area contributed by atoms with E-state index in [0.29, 0.717) is 17.9 Å². The molecule has 0 aliphatic heterocycles. The summed E-state index contributed by atoms with van der Waals surface area (Å²) in [5.74, 6) is 0.778. The highest BCUT2D eigenvalue weighted by atomic mass is 16.5. The molecule has 0 aliphatic carbocycles. The molecule has 0 saturated heterocycles. The number of hydrogen-bond acceptors (Lipinski definition) is 3. The van der Waals surface area contributed by atoms with Gasteiger partial charge in [-0.05, 0) is 41.8 Å². The zero-order valence-electron chi connectivity index (χ0n) is 17.2. The molecule has 0 bridgehead atoms. The first-order chi connectivity index (χ1) is 14.7. The molecule has 0 unspecified atom stereocenters. The number of methoxy groups -OCH3 is 1. The van der Waals surface area contributed by atoms with E-state index >= 15 is 0 Å². The first kappa shape index (κ1) is 21.3. The highest BCUT2D eigenvalue weighted by Gasteiger charge is 2.15. The van der Waals surface area contributed by atoms with Gasteiger partial charge in [0.2, 0.25) is 5.91 Å². The number of benzene rings is 3. The lowest BCUT2D eigenvalue weighted by atomic mass is 9.88. The second-order valence-corrected chi connectivity index (χ2v) is 7.16. The number of Topliss-reactive ketones (excluding diaryl/α,β-unsaturated/α-hetero) is 1. The molecule has 0 radical (unpaired) electrons. The maximum absolute atomic E-state index is 12.3. The third kappa shape index (κ3) is 6.05. The second kappa shape index (κ2) is 11.0. The van der Waals surface area contributed by atoms with Crippen LogP contribution in [0.1, 0.15) is 46.7 Å². The number of ether oxygens (including phenoxy) is 1. The molecule has 0 aliphatic rings. The minimum absolute atomic E-state index is 0.0424. The molecule has 3 aromatic carbocycles. The van der Waals surface area contributed by atoms with Gasteiger partial charge in [0.25, 0.3) is 0 Å². The minimum atomic E-state index is -0.100. The lowest BCUT2D eigenvalue weighted by Gasteiger charge is -2.18. The number of carbonyl (C=O) groups excluding carboxylic acids is 2. The predicted molar refractivity (Wildman–Crippen MR) is 119 cm³/mol. The van der Waals surface area contributed by atoms with Crippen LogP contribution in [0.5, 0.6) is 5.75 Å². The van der Waals surface area contributed by atoms with E-state index in [2.05, 4.69) is 29.6 Å². The number of nitrogens with one attached hydrogen (secondary N) is 1. The Balaban J connectivity index is 1.50. The smallest absolute Gasteiger partial charge is 0.220 e. The lowest BCUT2D eigenvalue weighted by molar-refractivity contribution is -0.121. The van der Waals surface area contributed by atoms with Gasteiger partial charge in [0.15, 0.2) is 5.78 Å². The van der Waals surface area contributed by atoms with Crippen LogP contribution in [0, 0.1) is 0 Å². The van der Waals surface area contributed by atoms with Gasteiger partial charge in [0.1, 0.15) is 5.75 Å². The zero-order valence-corrected chi connectivity index (χ0v) is 17.2. The van der Waals surface area contributed by atoms with Crippen LogP contribution in [0.4, 0.5) is 0 Å². The van der Waals surface area contributed by atoms with Crippen LogP contribution in [-0.4, -0.2) is 25.3 Å². The van der Waals surface area contributed by atoms with Crippen molar-refractivity contribution in [1.29, 1.82) is 0 Å². The maximum Gasteiger partial charge on any atom is 0.220 e. The summed E-state index contributed by atoms with van der Waals surface area (Å²) in [6.45, 7) is 0.560. The summed E-state index contributed by atoms with van der Waals surface area (Å²) in [7, 11) is 1.58. The highest BCUT2D eigenvalue weighted by molar-refractivity contribution is 5.98. The monoisotopic (exact) mass is 401 g/mol. The average molecular weight is 402 g/mol. The minimum Gasteiger partial charge on any atom is -0.497 e. The van der Waals surface area contributed by atoms with Crippen molar-refractivity contribution in [3.05, 3.63) is 102 Å². The number of carbonyl (C=O) groups is 2. The number of rotatable bonds is 10. The first-order valence-corrected chi connectivity index (χ1v) is 10.2. The fourth-order valence-electron chi connectivity index (χ4n) is 3.49. The summed E-state index contributed by atoms with van der Waals surface area (Å²) in [6, 6.07) is 27.6. The SMILES string of the molecule is COc1ccc(C(=O)CCC(=O)NCCC(c2ccccc2)c2ccccc2)cc1. The molecule has 0 fully saturated rings. The van der Waals surface area contributed by atoms with Crippen LogP contribution in [-0.2, 0) is 4.79 Å². The van der Waals surface area contributed by atoms with Gasteiger partial charge < -0.3 is 10.1 Å². The van der Waals surface area contributed by atoms with Gasteiger partial charge in [-0.15, -0.1) is 0 Å². The fourth-order valence-corrected chi connectivity index (χ4v) is 3.49. The van der Waals surface area contributed by atoms with Crippen molar-refractivity contribution in [2.24, 2.45) is 0 Å². The van der Waals surface area contributed by atoms with Crippen molar-refractivity contribution in [3.8, 4) is 5.75 Å². The van der Waals surface area contributed by atoms with Crippen LogP contribution in [0.3, 0.4) is 0 Å². The van der Waals surface area contributed by atoms with Crippen molar-refractivity contribution < 1.29 is 14.3 Å². The molecule has 0 spiro atoms. The Bertz CT molecular complexity index is 898. The molecular weight excluding hydrogens is 374 g/mol. The topological polar surface area (TPSA) is 55.4 Å². The van der Waals surface area contributed by atoms with Gasteiger partial charge in [0, 0.05) is 30.9 Å². The lowest BCUT2D eigenvalue weighted by Crippen LogP contribution is -2.26. The molecular formula is C26H27NO3. The summed E-state index contributed by atoms with van der Waals surface area (Å²) >= 11 is 0. The van der Waals surface area contributed by atoms with Gasteiger partial charge >= 0.3 is 0 Å². The molecule has 3 aromatic rings. The summed E-state index contributed by atoms with van der Waals surface area (Å²) in [6.07, 6.45) is 1.18. The quantitative estimate of drug-likeness (QED) is 0.487. The van der Waals surface area contributed by atoms with Crippen molar-refractivity contribution >= 4 is 11.7 Å². The van der Waals surface area contributed by atoms with Crippen LogP contribution in [0.15, 0.2) is 84.9 Å². The molecule has 30 heavy (non-hydrogen) atoms. The van der Waals surface area contributed by atoms with Crippen molar-refractivity contribution in [2.45, 2.75) is 25.2 Å². The maximum atomic E-state index is 12.3. The zero-order chi connectivity index (χ0) is 21.2. The van der Waals surface area contributed by atoms with Crippen LogP contribution >= 0.6 is 0 Å². The largest absolute Gasteiger partial charge is 0.497 e. The Kier molecular flexibility index (Phi) is 7.78. The summed E-state index contributed by atoms with van der Waals surface area (Å²) in [5.41, 5.74) is 3.05. The van der Waals surface area contributed by atoms with E-state index in [9.17, 15) is 9.59 Å². The number of ketones is 1. The van der Waals surface area contributed by atoms with E-state index in [4.69, 9.17) is 4.74 Å². The third-order valence-corrected chi connectivity index (χ3v) is 5.15. The van der Waals surface area contributed by atoms with Gasteiger partial charge in [0.05, 0.1) is 7.11 Å². The molecule has 0 atom stereocenters. The van der Waals surface area contributed by atoms with Crippen LogP contribution < -0.4 is 10.1 Å². The Labute approximate surface area is 177 Å². The van der Waals surface area contributed by atoms with Crippen molar-refractivity contribution in [3.63, 3.8) is 0 Å². The van der Waals surface area contributed by atoms with Gasteiger partial charge in [-0.25, -0.2) is 0 Å². The van der Waals surface area contributed by atoms with E-state index in [1.165, 1.54) is 11.1 Å². The normalized spacial score (nSPS) is 10.6. The van der Waals surface area contributed by atoms with Gasteiger partial charge in [-0.1, -0.05) is 60.7 Å².